The van der Waals surface area contributed by atoms with Crippen LogP contribution < -0.4 is 19.5 Å². The van der Waals surface area contributed by atoms with Crippen LogP contribution in [-0.4, -0.2) is 29.6 Å². The number of nitrogens with one attached hydrogen (secondary N) is 1. The van der Waals surface area contributed by atoms with Crippen LogP contribution in [0.1, 0.15) is 22.8 Å². The highest BCUT2D eigenvalue weighted by Crippen LogP contribution is 2.36. The molecule has 0 aliphatic heterocycles. The molecule has 0 fully saturated rings. The third-order valence-electron chi connectivity index (χ3n) is 3.93. The van der Waals surface area contributed by atoms with Crippen LogP contribution in [0.25, 0.3) is 0 Å². The Hall–Kier alpha value is -3.32. The Morgan fingerprint density at radius 3 is 2.62 bits per heavy atom. The predicted octanol–water partition coefficient (Wildman–Crippen LogP) is 4.37. The molecule has 0 aliphatic rings. The van der Waals surface area contributed by atoms with Gasteiger partial charge in [0.2, 0.25) is 0 Å². The molecule has 3 rings (SSSR count). The summed E-state index contributed by atoms with van der Waals surface area (Å²) >= 11 is 6.26. The van der Waals surface area contributed by atoms with Crippen molar-refractivity contribution in [1.29, 1.82) is 0 Å². The van der Waals surface area contributed by atoms with Crippen molar-refractivity contribution in [3.05, 3.63) is 71.1 Å². The van der Waals surface area contributed by atoms with Gasteiger partial charge in [0.05, 0.1) is 18.7 Å². The number of benzene rings is 1. The zero-order chi connectivity index (χ0) is 20.6. The number of rotatable bonds is 8. The molecule has 1 N–H and O–H groups in total. The molecular formula is C21H20ClN3O4. The van der Waals surface area contributed by atoms with Crippen molar-refractivity contribution in [2.45, 2.75) is 13.5 Å². The molecular weight excluding hydrogens is 394 g/mol. The molecule has 0 radical (unpaired) electrons. The quantitative estimate of drug-likeness (QED) is 0.590. The Bertz CT molecular complexity index is 983. The van der Waals surface area contributed by atoms with Gasteiger partial charge in [0.1, 0.15) is 6.61 Å². The van der Waals surface area contributed by atoms with E-state index in [1.807, 2.05) is 19.1 Å². The van der Waals surface area contributed by atoms with Crippen LogP contribution in [0.2, 0.25) is 5.02 Å². The van der Waals surface area contributed by atoms with Crippen LogP contribution in [-0.2, 0) is 6.61 Å². The highest BCUT2D eigenvalue weighted by atomic mass is 35.5. The van der Waals surface area contributed by atoms with Gasteiger partial charge < -0.3 is 19.5 Å². The predicted molar refractivity (Wildman–Crippen MR) is 110 cm³/mol. The number of amides is 1. The average molecular weight is 414 g/mol. The molecule has 0 atom stereocenters. The lowest BCUT2D eigenvalue weighted by Crippen LogP contribution is -2.14. The minimum absolute atomic E-state index is 0.284. The molecule has 1 aromatic carbocycles. The molecule has 8 heteroatoms. The van der Waals surface area contributed by atoms with Gasteiger partial charge in [0.15, 0.2) is 23.1 Å². The zero-order valence-corrected chi connectivity index (χ0v) is 16.8. The van der Waals surface area contributed by atoms with Gasteiger partial charge in [-0.2, -0.15) is 0 Å². The van der Waals surface area contributed by atoms with Gasteiger partial charge in [-0.25, -0.2) is 4.98 Å². The molecule has 0 spiro atoms. The molecule has 0 saturated heterocycles. The Morgan fingerprint density at radius 1 is 1.10 bits per heavy atom. The average Bonchev–Trinajstić information content (AvgIpc) is 2.75. The molecule has 0 aliphatic carbocycles. The summed E-state index contributed by atoms with van der Waals surface area (Å²) in [6.45, 7) is 2.58. The minimum Gasteiger partial charge on any atom is -0.493 e. The molecule has 0 unspecified atom stereocenters. The standard InChI is InChI=1S/C21H20ClN3O4/c1-3-28-19-16(22)11-15(12-18(19)27-2)21(26)25-20-17(5-4-8-24-20)29-13-14-6-9-23-10-7-14/h4-12H,3,13H2,1-2H3,(H,24,25,26). The van der Waals surface area contributed by atoms with E-state index in [0.29, 0.717) is 41.8 Å². The van der Waals surface area contributed by atoms with Gasteiger partial charge in [0, 0.05) is 24.2 Å². The molecule has 150 valence electrons. The first kappa shape index (κ1) is 20.4. The van der Waals surface area contributed by atoms with Crippen molar-refractivity contribution in [2.75, 3.05) is 19.0 Å². The van der Waals surface area contributed by atoms with E-state index in [0.717, 1.165) is 5.56 Å². The number of nitrogens with zero attached hydrogens (tertiary/aromatic N) is 2. The summed E-state index contributed by atoms with van der Waals surface area (Å²) in [6, 6.07) is 10.2. The van der Waals surface area contributed by atoms with Gasteiger partial charge in [-0.3, -0.25) is 9.78 Å². The number of anilines is 1. The lowest BCUT2D eigenvalue weighted by atomic mass is 10.2. The second kappa shape index (κ2) is 9.75. The van der Waals surface area contributed by atoms with Crippen molar-refractivity contribution in [2.24, 2.45) is 0 Å². The van der Waals surface area contributed by atoms with E-state index in [4.69, 9.17) is 25.8 Å². The van der Waals surface area contributed by atoms with E-state index in [1.165, 1.54) is 13.2 Å². The van der Waals surface area contributed by atoms with Gasteiger partial charge >= 0.3 is 0 Å². The molecule has 29 heavy (non-hydrogen) atoms. The van der Waals surface area contributed by atoms with Crippen LogP contribution in [0, 0.1) is 0 Å². The van der Waals surface area contributed by atoms with E-state index in [9.17, 15) is 4.79 Å². The summed E-state index contributed by atoms with van der Waals surface area (Å²) in [5.74, 6) is 1.12. The van der Waals surface area contributed by atoms with E-state index >= 15 is 0 Å². The fraction of sp³-hybridized carbons (Fsp3) is 0.190. The number of hydrogen-bond acceptors (Lipinski definition) is 6. The second-order valence-electron chi connectivity index (χ2n) is 5.87. The van der Waals surface area contributed by atoms with Crippen LogP contribution in [0.4, 0.5) is 5.82 Å². The van der Waals surface area contributed by atoms with Crippen molar-refractivity contribution in [3.63, 3.8) is 0 Å². The molecule has 2 aromatic heterocycles. The van der Waals surface area contributed by atoms with Crippen LogP contribution >= 0.6 is 11.6 Å². The number of ether oxygens (including phenoxy) is 3. The van der Waals surface area contributed by atoms with Crippen LogP contribution in [0.5, 0.6) is 17.2 Å². The van der Waals surface area contributed by atoms with Gasteiger partial charge in [0.25, 0.3) is 5.91 Å². The summed E-state index contributed by atoms with van der Waals surface area (Å²) in [7, 11) is 1.49. The summed E-state index contributed by atoms with van der Waals surface area (Å²) in [6.07, 6.45) is 4.95. The second-order valence-corrected chi connectivity index (χ2v) is 6.28. The van der Waals surface area contributed by atoms with E-state index in [1.54, 1.807) is 36.8 Å². The fourth-order valence-corrected chi connectivity index (χ4v) is 2.82. The summed E-state index contributed by atoms with van der Waals surface area (Å²) in [5, 5.41) is 3.03. The maximum Gasteiger partial charge on any atom is 0.257 e. The number of methoxy groups -OCH3 is 1. The van der Waals surface area contributed by atoms with Crippen LogP contribution in [0.15, 0.2) is 55.0 Å². The van der Waals surface area contributed by atoms with E-state index < -0.39 is 5.91 Å². The number of carbonyl (C=O) groups is 1. The van der Waals surface area contributed by atoms with Crippen molar-refractivity contribution >= 4 is 23.3 Å². The maximum absolute atomic E-state index is 12.8. The monoisotopic (exact) mass is 413 g/mol. The molecule has 3 aromatic rings. The SMILES string of the molecule is CCOc1c(Cl)cc(C(=O)Nc2ncccc2OCc2ccncc2)cc1OC. The van der Waals surface area contributed by atoms with Gasteiger partial charge in [-0.05, 0) is 48.9 Å². The largest absolute Gasteiger partial charge is 0.493 e. The summed E-state index contributed by atoms with van der Waals surface area (Å²) in [5.41, 5.74) is 1.25. The molecule has 1 amide bonds. The summed E-state index contributed by atoms with van der Waals surface area (Å²) < 4.78 is 16.6. The first-order valence-corrected chi connectivity index (χ1v) is 9.28. The first-order chi connectivity index (χ1) is 14.1. The number of halogens is 1. The number of pyridine rings is 2. The third kappa shape index (κ3) is 5.14. The topological polar surface area (TPSA) is 82.6 Å². The van der Waals surface area contributed by atoms with Gasteiger partial charge in [-0.15, -0.1) is 0 Å². The smallest absolute Gasteiger partial charge is 0.257 e. The van der Waals surface area contributed by atoms with Crippen molar-refractivity contribution in [3.8, 4) is 17.2 Å². The Morgan fingerprint density at radius 2 is 1.90 bits per heavy atom. The Balaban J connectivity index is 1.78. The van der Waals surface area contributed by atoms with E-state index in [-0.39, 0.29) is 5.02 Å². The highest BCUT2D eigenvalue weighted by molar-refractivity contribution is 6.32. The molecule has 0 saturated carbocycles. The maximum atomic E-state index is 12.8. The van der Waals surface area contributed by atoms with Gasteiger partial charge in [-0.1, -0.05) is 11.6 Å². The summed E-state index contributed by atoms with van der Waals surface area (Å²) in [4.78, 5) is 20.9. The number of carbonyl (C=O) groups excluding carboxylic acids is 1. The fourth-order valence-electron chi connectivity index (χ4n) is 2.56. The molecule has 7 nitrogen and oxygen atoms in total. The Kier molecular flexibility index (Phi) is 6.86. The lowest BCUT2D eigenvalue weighted by molar-refractivity contribution is 0.102. The van der Waals surface area contributed by atoms with Crippen molar-refractivity contribution in [1.82, 2.24) is 9.97 Å². The lowest BCUT2D eigenvalue weighted by Gasteiger charge is -2.14. The zero-order valence-electron chi connectivity index (χ0n) is 16.0. The number of aromatic nitrogens is 2. The Labute approximate surface area is 173 Å². The molecule has 2 heterocycles. The van der Waals surface area contributed by atoms with Crippen molar-refractivity contribution < 1.29 is 19.0 Å². The molecule has 0 bridgehead atoms. The van der Waals surface area contributed by atoms with E-state index in [2.05, 4.69) is 15.3 Å². The normalized spacial score (nSPS) is 10.3. The third-order valence-corrected chi connectivity index (χ3v) is 4.21. The minimum atomic E-state index is -0.402. The van der Waals surface area contributed by atoms with Crippen LogP contribution in [0.3, 0.4) is 0 Å². The first-order valence-electron chi connectivity index (χ1n) is 8.90. The highest BCUT2D eigenvalue weighted by Gasteiger charge is 2.17. The number of hydrogen-bond donors (Lipinski definition) is 1.